The zero-order chi connectivity index (χ0) is 23.3. The molecule has 6 nitrogen and oxygen atoms in total. The lowest BCUT2D eigenvalue weighted by Crippen LogP contribution is -2.28. The van der Waals surface area contributed by atoms with E-state index in [1.54, 1.807) is 36.3 Å². The van der Waals surface area contributed by atoms with Crippen molar-refractivity contribution in [1.29, 1.82) is 0 Å². The second-order valence-electron chi connectivity index (χ2n) is 9.30. The number of alkyl halides is 3. The van der Waals surface area contributed by atoms with Gasteiger partial charge in [-0.25, -0.2) is 0 Å². The molecule has 0 bridgehead atoms. The van der Waals surface area contributed by atoms with Crippen LogP contribution in [0.25, 0.3) is 11.4 Å². The minimum absolute atomic E-state index is 0.0126. The number of hydrogen-bond donors (Lipinski definition) is 0. The van der Waals surface area contributed by atoms with Gasteiger partial charge in [0.1, 0.15) is 0 Å². The number of thioether (sulfide) groups is 1. The summed E-state index contributed by atoms with van der Waals surface area (Å²) in [5.74, 6) is 1.68. The van der Waals surface area contributed by atoms with E-state index < -0.39 is 11.7 Å². The molecule has 33 heavy (non-hydrogen) atoms. The minimum atomic E-state index is -4.29. The van der Waals surface area contributed by atoms with Crippen molar-refractivity contribution in [3.63, 3.8) is 0 Å². The van der Waals surface area contributed by atoms with Crippen molar-refractivity contribution in [2.75, 3.05) is 25.4 Å². The third kappa shape index (κ3) is 4.03. The predicted octanol–water partition coefficient (Wildman–Crippen LogP) is 4.44. The molecule has 3 heterocycles. The molecule has 2 aromatic heterocycles. The van der Waals surface area contributed by atoms with Gasteiger partial charge in [-0.15, -0.1) is 10.2 Å². The predicted molar refractivity (Wildman–Crippen MR) is 120 cm³/mol. The van der Waals surface area contributed by atoms with Crippen molar-refractivity contribution in [2.45, 2.75) is 36.5 Å². The van der Waals surface area contributed by atoms with Crippen molar-refractivity contribution in [3.05, 3.63) is 53.9 Å². The third-order valence-electron chi connectivity index (χ3n) is 7.08. The monoisotopic (exact) mass is 474 g/mol. The molecule has 174 valence electrons. The Kier molecular flexibility index (Phi) is 5.48. The summed E-state index contributed by atoms with van der Waals surface area (Å²) in [5.41, 5.74) is 1.47. The molecular weight excluding hydrogens is 449 g/mol. The maximum absolute atomic E-state index is 12.9. The SMILES string of the molecule is Cn1c(SCCCN2C[C@]3(C)C[C@]3(c3ccc(C(F)(F)F)cc3)C2)nnc1-c1ccnnc1. The lowest BCUT2D eigenvalue weighted by Gasteiger charge is -2.21. The third-order valence-corrected chi connectivity index (χ3v) is 8.19. The Morgan fingerprint density at radius 1 is 1.06 bits per heavy atom. The summed E-state index contributed by atoms with van der Waals surface area (Å²) in [6.45, 7) is 5.11. The molecule has 1 saturated carbocycles. The van der Waals surface area contributed by atoms with Crippen LogP contribution < -0.4 is 0 Å². The van der Waals surface area contributed by atoms with Crippen LogP contribution in [0.1, 0.15) is 30.9 Å². The molecule has 1 aromatic carbocycles. The number of hydrogen-bond acceptors (Lipinski definition) is 6. The Morgan fingerprint density at radius 3 is 2.55 bits per heavy atom. The Hall–Kier alpha value is -2.46. The zero-order valence-corrected chi connectivity index (χ0v) is 19.3. The van der Waals surface area contributed by atoms with E-state index in [0.717, 1.165) is 60.3 Å². The topological polar surface area (TPSA) is 59.7 Å². The van der Waals surface area contributed by atoms with Crippen LogP contribution in [-0.2, 0) is 18.6 Å². The van der Waals surface area contributed by atoms with Crippen molar-refractivity contribution < 1.29 is 13.2 Å². The maximum Gasteiger partial charge on any atom is 0.416 e. The van der Waals surface area contributed by atoms with E-state index in [4.69, 9.17) is 0 Å². The molecule has 3 aromatic rings. The lowest BCUT2D eigenvalue weighted by atomic mass is 9.89. The van der Waals surface area contributed by atoms with E-state index in [2.05, 4.69) is 32.2 Å². The molecule has 0 amide bonds. The molecule has 0 spiro atoms. The van der Waals surface area contributed by atoms with E-state index in [9.17, 15) is 13.2 Å². The molecule has 2 fully saturated rings. The number of nitrogens with zero attached hydrogens (tertiary/aromatic N) is 6. The van der Waals surface area contributed by atoms with Gasteiger partial charge in [-0.2, -0.15) is 23.4 Å². The van der Waals surface area contributed by atoms with Crippen LogP contribution in [0.4, 0.5) is 13.2 Å². The van der Waals surface area contributed by atoms with E-state index in [0.29, 0.717) is 0 Å². The van der Waals surface area contributed by atoms with E-state index in [1.807, 2.05) is 17.7 Å². The van der Waals surface area contributed by atoms with Crippen molar-refractivity contribution >= 4 is 11.8 Å². The van der Waals surface area contributed by atoms with Crippen molar-refractivity contribution in [1.82, 2.24) is 29.9 Å². The summed E-state index contributed by atoms with van der Waals surface area (Å²) >= 11 is 1.68. The highest BCUT2D eigenvalue weighted by Gasteiger charge is 2.69. The first-order valence-electron chi connectivity index (χ1n) is 10.9. The summed E-state index contributed by atoms with van der Waals surface area (Å²) in [4.78, 5) is 2.45. The number of aromatic nitrogens is 5. The summed E-state index contributed by atoms with van der Waals surface area (Å²) in [7, 11) is 1.95. The maximum atomic E-state index is 12.9. The molecular formula is C23H25F3N6S. The average Bonchev–Trinajstić information content (AvgIpc) is 3.05. The fourth-order valence-corrected chi connectivity index (χ4v) is 6.09. The molecule has 1 aliphatic carbocycles. The van der Waals surface area contributed by atoms with E-state index in [1.165, 1.54) is 12.1 Å². The number of rotatable bonds is 7. The molecule has 2 aliphatic rings. The van der Waals surface area contributed by atoms with Gasteiger partial charge in [-0.3, -0.25) is 0 Å². The van der Waals surface area contributed by atoms with Gasteiger partial charge >= 0.3 is 6.18 Å². The Labute approximate surface area is 194 Å². The van der Waals surface area contributed by atoms with Gasteiger partial charge in [-0.1, -0.05) is 30.8 Å². The van der Waals surface area contributed by atoms with Crippen LogP contribution in [-0.4, -0.2) is 55.2 Å². The molecule has 1 saturated heterocycles. The van der Waals surface area contributed by atoms with Gasteiger partial charge in [0.05, 0.1) is 18.0 Å². The number of piperidine rings is 1. The highest BCUT2D eigenvalue weighted by Crippen LogP contribution is 2.68. The number of likely N-dealkylation sites (tertiary alicyclic amines) is 1. The highest BCUT2D eigenvalue weighted by molar-refractivity contribution is 7.99. The molecule has 0 unspecified atom stereocenters. The van der Waals surface area contributed by atoms with Crippen LogP contribution in [0.5, 0.6) is 0 Å². The first-order valence-corrected chi connectivity index (χ1v) is 11.9. The van der Waals surface area contributed by atoms with Crippen LogP contribution in [0.15, 0.2) is 47.9 Å². The Balaban J connectivity index is 1.15. The number of fused-ring (bicyclic) bond motifs is 1. The first-order chi connectivity index (χ1) is 15.7. The largest absolute Gasteiger partial charge is 0.416 e. The molecule has 2 atom stereocenters. The van der Waals surface area contributed by atoms with E-state index in [-0.39, 0.29) is 10.8 Å². The molecule has 5 rings (SSSR count). The molecule has 0 radical (unpaired) electrons. The van der Waals surface area contributed by atoms with Crippen LogP contribution >= 0.6 is 11.8 Å². The summed E-state index contributed by atoms with van der Waals surface area (Å²) in [5, 5.41) is 17.1. The first kappa shape index (κ1) is 22.3. The van der Waals surface area contributed by atoms with E-state index >= 15 is 0 Å². The zero-order valence-electron chi connectivity index (χ0n) is 18.5. The number of halogens is 3. The van der Waals surface area contributed by atoms with Gasteiger partial charge in [0.25, 0.3) is 0 Å². The standard InChI is InChI=1S/C23H25F3N6S/c1-21-13-22(21,17-4-6-18(7-5-17)23(24,25)26)15-32(14-21)10-3-11-33-20-30-29-19(31(20)2)16-8-9-27-28-12-16/h4-9,12H,3,10-11,13-15H2,1-2H3/t21-,22+/m0/s1. The Bertz CT molecular complexity index is 1130. The van der Waals surface area contributed by atoms with Crippen molar-refractivity contribution in [3.8, 4) is 11.4 Å². The fraction of sp³-hybridized carbons (Fsp3) is 0.478. The summed E-state index contributed by atoms with van der Waals surface area (Å²) in [6.07, 6.45) is 1.06. The highest BCUT2D eigenvalue weighted by atomic mass is 32.2. The second-order valence-corrected chi connectivity index (χ2v) is 10.4. The quantitative estimate of drug-likeness (QED) is 0.373. The van der Waals surface area contributed by atoms with Crippen LogP contribution in [0, 0.1) is 5.41 Å². The molecule has 0 N–H and O–H groups in total. The summed E-state index contributed by atoms with van der Waals surface area (Å²) < 4.78 is 40.7. The van der Waals surface area contributed by atoms with Gasteiger partial charge in [0.15, 0.2) is 11.0 Å². The van der Waals surface area contributed by atoms with Gasteiger partial charge < -0.3 is 9.47 Å². The van der Waals surface area contributed by atoms with Gasteiger partial charge in [0.2, 0.25) is 0 Å². The van der Waals surface area contributed by atoms with Crippen LogP contribution in [0.3, 0.4) is 0 Å². The fourth-order valence-electron chi connectivity index (χ4n) is 5.25. The second kappa shape index (κ2) is 8.09. The van der Waals surface area contributed by atoms with Crippen LogP contribution in [0.2, 0.25) is 0 Å². The molecule has 10 heteroatoms. The smallest absolute Gasteiger partial charge is 0.305 e. The van der Waals surface area contributed by atoms with Crippen molar-refractivity contribution in [2.24, 2.45) is 12.5 Å². The normalized spacial score (nSPS) is 24.8. The average molecular weight is 475 g/mol. The molecule has 1 aliphatic heterocycles. The number of benzene rings is 1. The Morgan fingerprint density at radius 2 is 1.85 bits per heavy atom. The van der Waals surface area contributed by atoms with Gasteiger partial charge in [0, 0.05) is 36.9 Å². The lowest BCUT2D eigenvalue weighted by molar-refractivity contribution is -0.137. The minimum Gasteiger partial charge on any atom is -0.305 e. The van der Waals surface area contributed by atoms with Gasteiger partial charge in [-0.05, 0) is 48.6 Å². The summed E-state index contributed by atoms with van der Waals surface area (Å²) in [6, 6.07) is 7.66.